The van der Waals surface area contributed by atoms with Gasteiger partial charge in [0, 0.05) is 51.8 Å². The van der Waals surface area contributed by atoms with Gasteiger partial charge in [-0.1, -0.05) is 0 Å². The molecule has 0 radical (unpaired) electrons. The van der Waals surface area contributed by atoms with Gasteiger partial charge in [0.1, 0.15) is 5.69 Å². The first-order valence-electron chi connectivity index (χ1n) is 7.71. The van der Waals surface area contributed by atoms with Gasteiger partial charge in [-0.05, 0) is 28.8 Å². The maximum Gasteiger partial charge on any atom is 0.330 e. The van der Waals surface area contributed by atoms with E-state index in [0.717, 1.165) is 35.0 Å². The van der Waals surface area contributed by atoms with E-state index in [1.165, 1.54) is 11.6 Å². The van der Waals surface area contributed by atoms with Crippen LogP contribution >= 0.6 is 15.9 Å². The second-order valence-corrected chi connectivity index (χ2v) is 6.82. The normalized spacial score (nSPS) is 15.5. The van der Waals surface area contributed by atoms with Crippen LogP contribution in [0.4, 0.5) is 11.6 Å². The molecule has 0 saturated carbocycles. The van der Waals surface area contributed by atoms with Crippen LogP contribution in [0.3, 0.4) is 0 Å². The van der Waals surface area contributed by atoms with Crippen LogP contribution in [-0.2, 0) is 14.1 Å². The predicted molar refractivity (Wildman–Crippen MR) is 95.5 cm³/mol. The van der Waals surface area contributed by atoms with Crippen LogP contribution < -0.4 is 21.5 Å². The minimum Gasteiger partial charge on any atom is -0.366 e. The fraction of sp³-hybridized carbons (Fsp3) is 0.467. The van der Waals surface area contributed by atoms with Crippen LogP contribution in [0, 0.1) is 0 Å². The first kappa shape index (κ1) is 16.7. The monoisotopic (exact) mass is 394 g/mol. The largest absolute Gasteiger partial charge is 0.366 e. The Balaban J connectivity index is 1.68. The molecule has 0 unspecified atom stereocenters. The molecule has 1 fully saturated rings. The molecule has 1 N–H and O–H groups in total. The lowest BCUT2D eigenvalue weighted by molar-refractivity contribution is 0.518. The van der Waals surface area contributed by atoms with E-state index in [4.69, 9.17) is 0 Å². The second kappa shape index (κ2) is 6.76. The molecule has 1 aliphatic rings. The Morgan fingerprint density at radius 2 is 1.79 bits per heavy atom. The zero-order chi connectivity index (χ0) is 17.3. The highest BCUT2D eigenvalue weighted by atomic mass is 79.9. The summed E-state index contributed by atoms with van der Waals surface area (Å²) in [4.78, 5) is 34.6. The average Bonchev–Trinajstić information content (AvgIpc) is 2.59. The number of aryl methyl sites for hydroxylation is 1. The van der Waals surface area contributed by atoms with Gasteiger partial charge in [-0.15, -0.1) is 0 Å². The Bertz CT molecular complexity index is 837. The summed E-state index contributed by atoms with van der Waals surface area (Å²) in [5.41, 5.74) is 0.00591. The van der Waals surface area contributed by atoms with Crippen molar-refractivity contribution in [2.45, 2.75) is 18.9 Å². The smallest absolute Gasteiger partial charge is 0.330 e. The summed E-state index contributed by atoms with van der Waals surface area (Å²) in [6, 6.07) is 0.263. The predicted octanol–water partition coefficient (Wildman–Crippen LogP) is 0.717. The summed E-state index contributed by atoms with van der Waals surface area (Å²) in [7, 11) is 3.16. The van der Waals surface area contributed by atoms with Crippen LogP contribution in [-0.4, -0.2) is 38.2 Å². The average molecular weight is 395 g/mol. The van der Waals surface area contributed by atoms with Crippen LogP contribution in [0.25, 0.3) is 0 Å². The third-order valence-electron chi connectivity index (χ3n) is 4.22. The SMILES string of the molecule is Cn1cc(N2CCC(Nc3ncc(Br)cn3)CC2)c(=O)n(C)c1=O. The maximum absolute atomic E-state index is 12.3. The van der Waals surface area contributed by atoms with Crippen molar-refractivity contribution >= 4 is 27.6 Å². The van der Waals surface area contributed by atoms with Crippen molar-refractivity contribution in [1.82, 2.24) is 19.1 Å². The lowest BCUT2D eigenvalue weighted by Gasteiger charge is -2.33. The molecule has 0 aliphatic carbocycles. The van der Waals surface area contributed by atoms with E-state index >= 15 is 0 Å². The minimum absolute atomic E-state index is 0.249. The Hall–Kier alpha value is -2.16. The number of hydrogen-bond donors (Lipinski definition) is 1. The van der Waals surface area contributed by atoms with Gasteiger partial charge in [0.15, 0.2) is 0 Å². The summed E-state index contributed by atoms with van der Waals surface area (Å²) in [6.45, 7) is 1.48. The Morgan fingerprint density at radius 1 is 1.17 bits per heavy atom. The third kappa shape index (κ3) is 3.35. The van der Waals surface area contributed by atoms with Gasteiger partial charge in [-0.3, -0.25) is 9.36 Å². The highest BCUT2D eigenvalue weighted by Crippen LogP contribution is 2.18. The van der Waals surface area contributed by atoms with E-state index < -0.39 is 0 Å². The van der Waals surface area contributed by atoms with Crippen LogP contribution in [0.2, 0.25) is 0 Å². The maximum atomic E-state index is 12.3. The van der Waals surface area contributed by atoms with Gasteiger partial charge in [0.05, 0.1) is 4.47 Å². The number of nitrogens with zero attached hydrogens (tertiary/aromatic N) is 5. The van der Waals surface area contributed by atoms with Gasteiger partial charge in [0.25, 0.3) is 5.56 Å². The topological polar surface area (TPSA) is 85.1 Å². The number of nitrogens with one attached hydrogen (secondary N) is 1. The fourth-order valence-corrected chi connectivity index (χ4v) is 3.04. The first-order chi connectivity index (χ1) is 11.5. The molecule has 0 aromatic carbocycles. The van der Waals surface area contributed by atoms with E-state index in [1.54, 1.807) is 25.6 Å². The molecule has 0 bridgehead atoms. The second-order valence-electron chi connectivity index (χ2n) is 5.90. The lowest BCUT2D eigenvalue weighted by atomic mass is 10.0. The molecule has 3 heterocycles. The Kier molecular flexibility index (Phi) is 4.70. The molecule has 0 spiro atoms. The number of halogens is 1. The van der Waals surface area contributed by atoms with Crippen molar-refractivity contribution in [1.29, 1.82) is 0 Å². The number of piperidine rings is 1. The first-order valence-corrected chi connectivity index (χ1v) is 8.50. The number of aromatic nitrogens is 4. The van der Waals surface area contributed by atoms with E-state index in [9.17, 15) is 9.59 Å². The molecule has 2 aromatic rings. The summed E-state index contributed by atoms with van der Waals surface area (Å²) < 4.78 is 3.43. The third-order valence-corrected chi connectivity index (χ3v) is 4.63. The highest BCUT2D eigenvalue weighted by molar-refractivity contribution is 9.10. The molecular weight excluding hydrogens is 376 g/mol. The van der Waals surface area contributed by atoms with Crippen molar-refractivity contribution in [2.24, 2.45) is 14.1 Å². The summed E-state index contributed by atoms with van der Waals surface area (Å²) in [5, 5.41) is 3.32. The fourth-order valence-electron chi connectivity index (χ4n) is 2.84. The molecule has 1 aliphatic heterocycles. The van der Waals surface area contributed by atoms with E-state index in [-0.39, 0.29) is 17.3 Å². The Labute approximate surface area is 147 Å². The molecule has 0 amide bonds. The number of hydrogen-bond acceptors (Lipinski definition) is 6. The zero-order valence-corrected chi connectivity index (χ0v) is 15.2. The number of anilines is 2. The molecule has 9 heteroatoms. The molecule has 2 aromatic heterocycles. The van der Waals surface area contributed by atoms with E-state index in [2.05, 4.69) is 31.2 Å². The quantitative estimate of drug-likeness (QED) is 0.825. The summed E-state index contributed by atoms with van der Waals surface area (Å²) in [5.74, 6) is 0.606. The molecule has 0 atom stereocenters. The highest BCUT2D eigenvalue weighted by Gasteiger charge is 2.22. The van der Waals surface area contributed by atoms with Crippen molar-refractivity contribution in [2.75, 3.05) is 23.3 Å². The van der Waals surface area contributed by atoms with E-state index in [0.29, 0.717) is 11.6 Å². The van der Waals surface area contributed by atoms with Crippen molar-refractivity contribution < 1.29 is 0 Å². The van der Waals surface area contributed by atoms with Crippen LogP contribution in [0.5, 0.6) is 0 Å². The van der Waals surface area contributed by atoms with Crippen molar-refractivity contribution in [3.63, 3.8) is 0 Å². The van der Waals surface area contributed by atoms with Gasteiger partial charge in [-0.2, -0.15) is 0 Å². The molecule has 128 valence electrons. The van der Waals surface area contributed by atoms with Gasteiger partial charge in [-0.25, -0.2) is 14.8 Å². The standard InChI is InChI=1S/C15H19BrN6O2/c1-20-9-12(13(23)21(2)15(20)24)22-5-3-11(4-6-22)19-14-17-7-10(16)8-18-14/h7-9,11H,3-6H2,1-2H3,(H,17,18,19). The molecular formula is C15H19BrN6O2. The summed E-state index contributed by atoms with van der Waals surface area (Å²) >= 11 is 3.31. The van der Waals surface area contributed by atoms with E-state index in [1.807, 2.05) is 4.90 Å². The Morgan fingerprint density at radius 3 is 2.42 bits per heavy atom. The van der Waals surface area contributed by atoms with Gasteiger partial charge in [0.2, 0.25) is 5.95 Å². The molecule has 3 rings (SSSR count). The molecule has 1 saturated heterocycles. The number of rotatable bonds is 3. The van der Waals surface area contributed by atoms with Crippen molar-refractivity contribution in [3.8, 4) is 0 Å². The summed E-state index contributed by atoms with van der Waals surface area (Å²) in [6.07, 6.45) is 6.77. The minimum atomic E-state index is -0.312. The zero-order valence-electron chi connectivity index (χ0n) is 13.6. The van der Waals surface area contributed by atoms with Gasteiger partial charge < -0.3 is 14.8 Å². The van der Waals surface area contributed by atoms with Crippen molar-refractivity contribution in [3.05, 3.63) is 43.9 Å². The van der Waals surface area contributed by atoms with Crippen LogP contribution in [0.1, 0.15) is 12.8 Å². The lowest BCUT2D eigenvalue weighted by Crippen LogP contribution is -2.45. The molecule has 24 heavy (non-hydrogen) atoms. The molecule has 8 nitrogen and oxygen atoms in total. The van der Waals surface area contributed by atoms with Gasteiger partial charge >= 0.3 is 5.69 Å². The van der Waals surface area contributed by atoms with Crippen LogP contribution in [0.15, 0.2) is 32.7 Å².